The normalized spacial score (nSPS) is 14.2. The highest BCUT2D eigenvalue weighted by molar-refractivity contribution is 5.73. The van der Waals surface area contributed by atoms with Crippen LogP contribution in [0.5, 0.6) is 0 Å². The highest BCUT2D eigenvalue weighted by Gasteiger charge is 2.17. The fraction of sp³-hybridized carbons (Fsp3) is 0.778. The van der Waals surface area contributed by atoms with Gasteiger partial charge in [0.15, 0.2) is 0 Å². The van der Waals surface area contributed by atoms with Crippen molar-refractivity contribution in [2.24, 2.45) is 21.3 Å². The predicted molar refractivity (Wildman–Crippen MR) is 93.0 cm³/mol. The topological polar surface area (TPSA) is 24.7 Å². The smallest absolute Gasteiger partial charge is 0.109 e. The summed E-state index contributed by atoms with van der Waals surface area (Å²) in [7, 11) is 1.75. The third-order valence-corrected chi connectivity index (χ3v) is 3.73. The van der Waals surface area contributed by atoms with Gasteiger partial charge in [0.25, 0.3) is 0 Å². The summed E-state index contributed by atoms with van der Waals surface area (Å²) >= 11 is 0. The Morgan fingerprint density at radius 3 is 2.45 bits per heavy atom. The maximum absolute atomic E-state index is 4.25. The molecule has 0 aliphatic rings. The van der Waals surface area contributed by atoms with Gasteiger partial charge in [0, 0.05) is 13.3 Å². The Hall–Kier alpha value is -0.920. The van der Waals surface area contributed by atoms with Gasteiger partial charge in [0.2, 0.25) is 0 Å². The molecule has 2 nitrogen and oxygen atoms in total. The Balaban J connectivity index is 4.21. The van der Waals surface area contributed by atoms with E-state index in [0.29, 0.717) is 11.3 Å². The van der Waals surface area contributed by atoms with E-state index in [0.717, 1.165) is 6.42 Å². The van der Waals surface area contributed by atoms with Crippen LogP contribution in [0.1, 0.15) is 72.6 Å². The Labute approximate surface area is 126 Å². The van der Waals surface area contributed by atoms with Gasteiger partial charge in [-0.1, -0.05) is 45.6 Å². The van der Waals surface area contributed by atoms with Gasteiger partial charge in [-0.15, -0.1) is 6.58 Å². The Kier molecular flexibility index (Phi) is 10.3. The van der Waals surface area contributed by atoms with E-state index in [4.69, 9.17) is 0 Å². The van der Waals surface area contributed by atoms with Crippen LogP contribution in [0.3, 0.4) is 0 Å². The predicted octanol–water partition coefficient (Wildman–Crippen LogP) is 5.68. The molecule has 20 heavy (non-hydrogen) atoms. The molecule has 2 heteroatoms. The van der Waals surface area contributed by atoms with Crippen LogP contribution in [0, 0.1) is 11.3 Å². The average molecular weight is 278 g/mol. The van der Waals surface area contributed by atoms with Gasteiger partial charge in [-0.25, -0.2) is 4.99 Å². The summed E-state index contributed by atoms with van der Waals surface area (Å²) in [6.07, 6.45) is 12.4. The fourth-order valence-electron chi connectivity index (χ4n) is 2.53. The van der Waals surface area contributed by atoms with E-state index in [-0.39, 0.29) is 0 Å². The minimum atomic E-state index is 0.478. The van der Waals surface area contributed by atoms with Crippen molar-refractivity contribution in [2.75, 3.05) is 7.05 Å². The van der Waals surface area contributed by atoms with E-state index in [9.17, 15) is 0 Å². The summed E-state index contributed by atoms with van der Waals surface area (Å²) < 4.78 is 0. The minimum absolute atomic E-state index is 0.478. The third kappa shape index (κ3) is 11.0. The number of nitrogens with zero attached hydrogens (tertiary/aromatic N) is 2. The fourth-order valence-corrected chi connectivity index (χ4v) is 2.53. The molecule has 1 atom stereocenters. The maximum Gasteiger partial charge on any atom is 0.109 e. The highest BCUT2D eigenvalue weighted by atomic mass is 14.8. The molecule has 0 fully saturated rings. The van der Waals surface area contributed by atoms with Crippen LogP contribution >= 0.6 is 0 Å². The Bertz CT molecular complexity index is 313. The Morgan fingerprint density at radius 1 is 1.25 bits per heavy atom. The number of rotatable bonds is 11. The van der Waals surface area contributed by atoms with E-state index in [1.54, 1.807) is 13.4 Å². The van der Waals surface area contributed by atoms with Crippen LogP contribution in [0.2, 0.25) is 0 Å². The molecule has 0 saturated heterocycles. The number of allylic oxidation sites excluding steroid dienone is 1. The first-order valence-corrected chi connectivity index (χ1v) is 7.99. The molecule has 0 aromatic rings. The average Bonchev–Trinajstić information content (AvgIpc) is 2.35. The molecule has 0 saturated carbocycles. The van der Waals surface area contributed by atoms with Gasteiger partial charge in [-0.05, 0) is 43.9 Å². The molecule has 0 heterocycles. The lowest BCUT2D eigenvalue weighted by Crippen LogP contribution is -2.12. The summed E-state index contributed by atoms with van der Waals surface area (Å²) in [6.45, 7) is 13.2. The van der Waals surface area contributed by atoms with Crippen molar-refractivity contribution in [1.82, 2.24) is 0 Å². The Morgan fingerprint density at radius 2 is 1.90 bits per heavy atom. The van der Waals surface area contributed by atoms with Crippen LogP contribution in [0.25, 0.3) is 0 Å². The van der Waals surface area contributed by atoms with Gasteiger partial charge in [0.1, 0.15) is 6.34 Å². The van der Waals surface area contributed by atoms with Crippen molar-refractivity contribution >= 4 is 12.6 Å². The van der Waals surface area contributed by atoms with Crippen molar-refractivity contribution in [1.29, 1.82) is 0 Å². The quantitative estimate of drug-likeness (QED) is 0.264. The van der Waals surface area contributed by atoms with E-state index < -0.39 is 0 Å². The van der Waals surface area contributed by atoms with E-state index in [2.05, 4.69) is 44.3 Å². The molecule has 0 aliphatic heterocycles. The summed E-state index contributed by atoms with van der Waals surface area (Å²) in [5.74, 6) is 0.507. The summed E-state index contributed by atoms with van der Waals surface area (Å²) in [5, 5.41) is 0. The highest BCUT2D eigenvalue weighted by Crippen LogP contribution is 2.30. The van der Waals surface area contributed by atoms with Crippen LogP contribution in [0.4, 0.5) is 0 Å². The van der Waals surface area contributed by atoms with E-state index >= 15 is 0 Å². The molecular formula is C18H34N2. The molecule has 0 N–H and O–H groups in total. The van der Waals surface area contributed by atoms with Gasteiger partial charge in [-0.3, -0.25) is 4.99 Å². The first-order valence-electron chi connectivity index (χ1n) is 7.99. The molecule has 116 valence electrons. The standard InChI is InChI=1S/C18H34N2/c1-7-8-11-18(4,5)12-9-10-17(13-16(2)3)14-20-15-19-6/h14-15,17H,2,7-13H2,1,3-6H3. The lowest BCUT2D eigenvalue weighted by atomic mass is 9.81. The second-order valence-electron chi connectivity index (χ2n) is 6.75. The third-order valence-electron chi connectivity index (χ3n) is 3.73. The van der Waals surface area contributed by atoms with Gasteiger partial charge in [0.05, 0.1) is 0 Å². The molecule has 0 aromatic carbocycles. The van der Waals surface area contributed by atoms with Crippen molar-refractivity contribution < 1.29 is 0 Å². The molecule has 0 radical (unpaired) electrons. The van der Waals surface area contributed by atoms with Crippen LogP contribution in [-0.4, -0.2) is 19.6 Å². The number of hydrogen-bond acceptors (Lipinski definition) is 1. The molecule has 0 bridgehead atoms. The van der Waals surface area contributed by atoms with Crippen molar-refractivity contribution in [3.05, 3.63) is 12.2 Å². The molecular weight excluding hydrogens is 244 g/mol. The van der Waals surface area contributed by atoms with Crippen LogP contribution in [0.15, 0.2) is 22.1 Å². The number of unbranched alkanes of at least 4 members (excludes halogenated alkanes) is 1. The van der Waals surface area contributed by atoms with Gasteiger partial charge < -0.3 is 0 Å². The zero-order valence-electron chi connectivity index (χ0n) is 14.3. The zero-order valence-corrected chi connectivity index (χ0v) is 14.3. The molecule has 0 aromatic heterocycles. The van der Waals surface area contributed by atoms with Gasteiger partial charge in [-0.2, -0.15) is 0 Å². The molecule has 0 rings (SSSR count). The first kappa shape index (κ1) is 19.1. The number of hydrogen-bond donors (Lipinski definition) is 0. The summed E-state index contributed by atoms with van der Waals surface area (Å²) in [6, 6.07) is 0. The van der Waals surface area contributed by atoms with Crippen molar-refractivity contribution in [2.45, 2.75) is 72.6 Å². The van der Waals surface area contributed by atoms with Crippen molar-refractivity contribution in [3.8, 4) is 0 Å². The largest absolute Gasteiger partial charge is 0.277 e. The molecule has 0 amide bonds. The van der Waals surface area contributed by atoms with Crippen LogP contribution < -0.4 is 0 Å². The van der Waals surface area contributed by atoms with E-state index in [1.165, 1.54) is 44.1 Å². The maximum atomic E-state index is 4.25. The molecule has 0 aliphatic carbocycles. The second-order valence-corrected chi connectivity index (χ2v) is 6.75. The zero-order chi connectivity index (χ0) is 15.4. The van der Waals surface area contributed by atoms with Gasteiger partial charge >= 0.3 is 0 Å². The second kappa shape index (κ2) is 10.8. The molecule has 0 spiro atoms. The first-order chi connectivity index (χ1) is 9.41. The van der Waals surface area contributed by atoms with Crippen molar-refractivity contribution in [3.63, 3.8) is 0 Å². The lowest BCUT2D eigenvalue weighted by molar-refractivity contribution is 0.283. The lowest BCUT2D eigenvalue weighted by Gasteiger charge is -2.25. The SMILES string of the molecule is C=C(C)CC(C=NC=NC)CCCC(C)(C)CCCC. The summed E-state index contributed by atoms with van der Waals surface area (Å²) in [5.41, 5.74) is 1.71. The monoisotopic (exact) mass is 278 g/mol. The summed E-state index contributed by atoms with van der Waals surface area (Å²) in [4.78, 5) is 8.14. The minimum Gasteiger partial charge on any atom is -0.277 e. The van der Waals surface area contributed by atoms with E-state index in [1.807, 2.05) is 6.21 Å². The number of aliphatic imine (C=N–C) groups is 2. The molecule has 1 unspecified atom stereocenters. The van der Waals surface area contributed by atoms with Crippen LogP contribution in [-0.2, 0) is 0 Å².